The van der Waals surface area contributed by atoms with Gasteiger partial charge in [-0.25, -0.2) is 5.10 Å². The van der Waals surface area contributed by atoms with Gasteiger partial charge in [-0.15, -0.1) is 0 Å². The number of nitrogens with zero attached hydrogens (tertiary/aromatic N) is 4. The summed E-state index contributed by atoms with van der Waals surface area (Å²) in [6.07, 6.45) is 1.85. The smallest absolute Gasteiger partial charge is 0.216 e. The Morgan fingerprint density at radius 2 is 1.61 bits per heavy atom. The van der Waals surface area contributed by atoms with E-state index in [0.29, 0.717) is 16.3 Å². The number of aryl methyl sites for hydroxylation is 1. The lowest BCUT2D eigenvalue weighted by Crippen LogP contribution is -1.96. The fourth-order valence-corrected chi connectivity index (χ4v) is 3.58. The van der Waals surface area contributed by atoms with Gasteiger partial charge in [-0.3, -0.25) is 5.10 Å². The highest BCUT2D eigenvalue weighted by Gasteiger charge is 2.12. The molecule has 136 valence electrons. The average Bonchev–Trinajstić information content (AvgIpc) is 3.30. The Balaban J connectivity index is 1.72. The van der Waals surface area contributed by atoms with Gasteiger partial charge in [0.25, 0.3) is 0 Å². The molecule has 2 aromatic heterocycles. The number of hydrogen-bond acceptors (Lipinski definition) is 4. The molecule has 0 fully saturated rings. The van der Waals surface area contributed by atoms with Crippen molar-refractivity contribution in [2.75, 3.05) is 0 Å². The number of rotatable bonds is 3. The van der Waals surface area contributed by atoms with E-state index in [4.69, 9.17) is 12.2 Å². The highest BCUT2D eigenvalue weighted by Crippen LogP contribution is 2.27. The van der Waals surface area contributed by atoms with Gasteiger partial charge in [-0.1, -0.05) is 48.5 Å². The summed E-state index contributed by atoms with van der Waals surface area (Å²) in [6, 6.07) is 20.7. The minimum absolute atomic E-state index is 0.413. The second-order valence-corrected chi connectivity index (χ2v) is 6.96. The minimum Gasteiger partial charge on any atom is -0.282 e. The Morgan fingerprint density at radius 3 is 2.25 bits per heavy atom. The first kappa shape index (κ1) is 16.6. The van der Waals surface area contributed by atoms with Crippen LogP contribution in [0, 0.1) is 11.7 Å². The molecule has 0 aliphatic heterocycles. The SMILES string of the molecule is Cc1cc(-c2n[nH]c(=S)n2N=Cc2c3ccccc3cc3ccccc23)n[nH]1. The van der Waals surface area contributed by atoms with Crippen molar-refractivity contribution in [3.05, 3.63) is 76.7 Å². The molecule has 0 bridgehead atoms. The van der Waals surface area contributed by atoms with Crippen LogP contribution in [0.5, 0.6) is 0 Å². The van der Waals surface area contributed by atoms with Crippen LogP contribution in [0.2, 0.25) is 0 Å². The van der Waals surface area contributed by atoms with Crippen LogP contribution in [0.4, 0.5) is 0 Å². The molecule has 3 aromatic carbocycles. The fourth-order valence-electron chi connectivity index (χ4n) is 3.40. The monoisotopic (exact) mass is 384 g/mol. The predicted molar refractivity (Wildman–Crippen MR) is 114 cm³/mol. The van der Waals surface area contributed by atoms with E-state index >= 15 is 0 Å². The normalized spacial score (nSPS) is 11.8. The molecule has 5 aromatic rings. The number of fused-ring (bicyclic) bond motifs is 2. The molecule has 0 aliphatic carbocycles. The van der Waals surface area contributed by atoms with Crippen molar-refractivity contribution in [1.29, 1.82) is 0 Å². The van der Waals surface area contributed by atoms with E-state index in [0.717, 1.165) is 22.0 Å². The zero-order valence-electron chi connectivity index (χ0n) is 15.0. The van der Waals surface area contributed by atoms with Crippen molar-refractivity contribution < 1.29 is 0 Å². The van der Waals surface area contributed by atoms with Crippen LogP contribution in [0.15, 0.2) is 65.8 Å². The van der Waals surface area contributed by atoms with Crippen molar-refractivity contribution in [3.8, 4) is 11.5 Å². The van der Waals surface area contributed by atoms with E-state index in [9.17, 15) is 0 Å². The summed E-state index contributed by atoms with van der Waals surface area (Å²) in [4.78, 5) is 0. The summed E-state index contributed by atoms with van der Waals surface area (Å²) >= 11 is 5.38. The minimum atomic E-state index is 0.413. The lowest BCUT2D eigenvalue weighted by Gasteiger charge is -2.08. The number of aromatic amines is 2. The highest BCUT2D eigenvalue weighted by atomic mass is 32.1. The van der Waals surface area contributed by atoms with Crippen LogP contribution in [0.25, 0.3) is 33.1 Å². The molecule has 2 heterocycles. The van der Waals surface area contributed by atoms with Gasteiger partial charge in [0.1, 0.15) is 5.69 Å². The molecule has 0 radical (unpaired) electrons. The number of H-pyrrole nitrogens is 2. The van der Waals surface area contributed by atoms with Crippen LogP contribution in [-0.4, -0.2) is 31.3 Å². The molecule has 2 N–H and O–H groups in total. The number of nitrogens with one attached hydrogen (secondary N) is 2. The molecule has 0 atom stereocenters. The van der Waals surface area contributed by atoms with Gasteiger partial charge in [0.2, 0.25) is 10.6 Å². The van der Waals surface area contributed by atoms with Crippen molar-refractivity contribution in [2.24, 2.45) is 5.10 Å². The maximum Gasteiger partial charge on any atom is 0.216 e. The van der Waals surface area contributed by atoms with Crippen LogP contribution in [-0.2, 0) is 0 Å². The van der Waals surface area contributed by atoms with Crippen LogP contribution >= 0.6 is 12.2 Å². The zero-order valence-corrected chi connectivity index (χ0v) is 15.9. The van der Waals surface area contributed by atoms with E-state index in [1.165, 1.54) is 10.8 Å². The summed E-state index contributed by atoms with van der Waals surface area (Å²) in [7, 11) is 0. The zero-order chi connectivity index (χ0) is 19.1. The Bertz CT molecular complexity index is 1350. The Labute approximate surface area is 165 Å². The van der Waals surface area contributed by atoms with Crippen molar-refractivity contribution >= 4 is 40.0 Å². The Hall–Kier alpha value is -3.58. The van der Waals surface area contributed by atoms with E-state index in [1.54, 1.807) is 4.68 Å². The summed E-state index contributed by atoms with van der Waals surface area (Å²) in [6.45, 7) is 1.94. The third-order valence-corrected chi connectivity index (χ3v) is 4.96. The number of hydrogen-bond donors (Lipinski definition) is 2. The van der Waals surface area contributed by atoms with Crippen LogP contribution in [0.1, 0.15) is 11.3 Å². The van der Waals surface area contributed by atoms with Crippen LogP contribution < -0.4 is 0 Å². The first-order valence-corrected chi connectivity index (χ1v) is 9.26. The number of aromatic nitrogens is 5. The van der Waals surface area contributed by atoms with Gasteiger partial charge in [0.15, 0.2) is 0 Å². The molecule has 0 amide bonds. The molecule has 5 rings (SSSR count). The summed E-state index contributed by atoms with van der Waals surface area (Å²) in [5.74, 6) is 0.565. The standard InChI is InChI=1S/C21H16N6S/c1-13-10-19(24-23-13)20-25-26-21(28)27(20)22-12-18-16-8-4-2-6-14(16)11-15-7-3-5-9-17(15)18/h2-12H,1H3,(H,23,24)(H,26,28). The molecule has 0 saturated carbocycles. The maximum absolute atomic E-state index is 5.38. The molecule has 7 heteroatoms. The second kappa shape index (κ2) is 6.54. The summed E-state index contributed by atoms with van der Waals surface area (Å²) in [5.41, 5.74) is 2.67. The third kappa shape index (κ3) is 2.73. The molecule has 6 nitrogen and oxygen atoms in total. The lowest BCUT2D eigenvalue weighted by molar-refractivity contribution is 0.865. The Morgan fingerprint density at radius 1 is 0.929 bits per heavy atom. The molecule has 0 spiro atoms. The van der Waals surface area contributed by atoms with E-state index in [1.807, 2.05) is 43.5 Å². The quantitative estimate of drug-likeness (QED) is 0.266. The molecule has 0 aliphatic rings. The van der Waals surface area contributed by atoms with Gasteiger partial charge in [-0.05, 0) is 52.8 Å². The largest absolute Gasteiger partial charge is 0.282 e. The third-order valence-electron chi connectivity index (χ3n) is 4.70. The molecular formula is C21H16N6S. The van der Waals surface area contributed by atoms with E-state index in [2.05, 4.69) is 55.8 Å². The number of benzene rings is 3. The van der Waals surface area contributed by atoms with E-state index < -0.39 is 0 Å². The molecule has 0 saturated heterocycles. The average molecular weight is 384 g/mol. The van der Waals surface area contributed by atoms with Crippen LogP contribution in [0.3, 0.4) is 0 Å². The van der Waals surface area contributed by atoms with Gasteiger partial charge in [0, 0.05) is 11.3 Å². The van der Waals surface area contributed by atoms with E-state index in [-0.39, 0.29) is 0 Å². The molecular weight excluding hydrogens is 368 g/mol. The van der Waals surface area contributed by atoms with Gasteiger partial charge < -0.3 is 0 Å². The Kier molecular flexibility index (Phi) is 3.87. The molecule has 28 heavy (non-hydrogen) atoms. The lowest BCUT2D eigenvalue weighted by atomic mass is 9.97. The summed E-state index contributed by atoms with van der Waals surface area (Å²) < 4.78 is 2.01. The van der Waals surface area contributed by atoms with Gasteiger partial charge in [-0.2, -0.15) is 20.0 Å². The predicted octanol–water partition coefficient (Wildman–Crippen LogP) is 4.83. The molecule has 0 unspecified atom stereocenters. The highest BCUT2D eigenvalue weighted by molar-refractivity contribution is 7.71. The fraction of sp³-hybridized carbons (Fsp3) is 0.0476. The topological polar surface area (TPSA) is 74.7 Å². The van der Waals surface area contributed by atoms with Gasteiger partial charge in [0.05, 0.1) is 6.21 Å². The maximum atomic E-state index is 5.38. The first-order valence-electron chi connectivity index (χ1n) is 8.85. The van der Waals surface area contributed by atoms with Crippen molar-refractivity contribution in [2.45, 2.75) is 6.92 Å². The van der Waals surface area contributed by atoms with Crippen molar-refractivity contribution in [1.82, 2.24) is 25.1 Å². The van der Waals surface area contributed by atoms with Crippen molar-refractivity contribution in [3.63, 3.8) is 0 Å². The van der Waals surface area contributed by atoms with Gasteiger partial charge >= 0.3 is 0 Å². The first-order chi connectivity index (χ1) is 13.7. The second-order valence-electron chi connectivity index (χ2n) is 6.58. The summed E-state index contributed by atoms with van der Waals surface area (Å²) in [5, 5.41) is 23.5.